The summed E-state index contributed by atoms with van der Waals surface area (Å²) in [7, 11) is 0. The molecule has 9 nitrogen and oxygen atoms in total. The number of hydrogen-bond donors (Lipinski definition) is 1. The third-order valence-corrected chi connectivity index (χ3v) is 5.83. The van der Waals surface area contributed by atoms with Crippen LogP contribution in [0.5, 0.6) is 0 Å². The van der Waals surface area contributed by atoms with Crippen LogP contribution in [0.25, 0.3) is 28.5 Å². The van der Waals surface area contributed by atoms with Crippen LogP contribution in [0.2, 0.25) is 0 Å². The van der Waals surface area contributed by atoms with Crippen LogP contribution in [0, 0.1) is 11.6 Å². The molecule has 0 unspecified atom stereocenters. The van der Waals surface area contributed by atoms with Crippen molar-refractivity contribution in [2.45, 2.75) is 45.3 Å². The van der Waals surface area contributed by atoms with Crippen molar-refractivity contribution < 1.29 is 22.7 Å². The molecule has 5 rings (SSSR count). The number of piperidine rings is 1. The lowest BCUT2D eigenvalue weighted by Crippen LogP contribution is -2.44. The van der Waals surface area contributed by atoms with Crippen LogP contribution >= 0.6 is 0 Å². The summed E-state index contributed by atoms with van der Waals surface area (Å²) in [5.74, 6) is -0.758. The fourth-order valence-electron chi connectivity index (χ4n) is 4.18. The molecule has 11 heteroatoms. The molecule has 1 aliphatic rings. The van der Waals surface area contributed by atoms with Gasteiger partial charge in [0, 0.05) is 43.2 Å². The van der Waals surface area contributed by atoms with Gasteiger partial charge in [0.15, 0.2) is 0 Å². The molecule has 0 bridgehead atoms. The van der Waals surface area contributed by atoms with E-state index in [1.807, 2.05) is 20.8 Å². The Morgan fingerprint density at radius 1 is 1.17 bits per heavy atom. The molecular formula is C25H26F2N6O3. The first-order chi connectivity index (χ1) is 17.2. The van der Waals surface area contributed by atoms with Crippen molar-refractivity contribution in [2.24, 2.45) is 0 Å². The lowest BCUT2D eigenvalue weighted by molar-refractivity contribution is 0.0210. The number of benzene rings is 1. The third kappa shape index (κ3) is 4.86. The van der Waals surface area contributed by atoms with E-state index in [1.165, 1.54) is 18.4 Å². The smallest absolute Gasteiger partial charge is 0.410 e. The van der Waals surface area contributed by atoms with Crippen LogP contribution in [0.3, 0.4) is 0 Å². The van der Waals surface area contributed by atoms with Crippen LogP contribution in [0.1, 0.15) is 33.6 Å². The number of halogens is 2. The molecule has 4 heterocycles. The molecule has 188 valence electrons. The molecule has 36 heavy (non-hydrogen) atoms. The average Bonchev–Trinajstić information content (AvgIpc) is 3.40. The van der Waals surface area contributed by atoms with E-state index in [-0.39, 0.29) is 29.2 Å². The Kier molecular flexibility index (Phi) is 6.07. The molecule has 0 aliphatic carbocycles. The van der Waals surface area contributed by atoms with Crippen LogP contribution in [-0.4, -0.2) is 55.1 Å². The zero-order valence-corrected chi connectivity index (χ0v) is 20.2. The number of nitrogens with zero attached hydrogens (tertiary/aromatic N) is 5. The largest absolute Gasteiger partial charge is 0.444 e. The van der Waals surface area contributed by atoms with Gasteiger partial charge in [-0.1, -0.05) is 0 Å². The van der Waals surface area contributed by atoms with Gasteiger partial charge in [-0.3, -0.25) is 4.40 Å². The number of hydrogen-bond acceptors (Lipinski definition) is 7. The second kappa shape index (κ2) is 9.21. The van der Waals surface area contributed by atoms with Crippen molar-refractivity contribution in [2.75, 3.05) is 18.4 Å². The highest BCUT2D eigenvalue weighted by molar-refractivity contribution is 5.80. The fourth-order valence-corrected chi connectivity index (χ4v) is 4.18. The van der Waals surface area contributed by atoms with E-state index in [9.17, 15) is 13.6 Å². The maximum Gasteiger partial charge on any atom is 0.410 e. The topological polar surface area (TPSA) is 97.8 Å². The van der Waals surface area contributed by atoms with E-state index in [4.69, 9.17) is 9.15 Å². The number of fused-ring (bicyclic) bond motifs is 1. The molecule has 0 atom stereocenters. The molecule has 0 spiro atoms. The number of likely N-dealkylation sites (tertiary alicyclic amines) is 1. The van der Waals surface area contributed by atoms with Crippen molar-refractivity contribution in [3.63, 3.8) is 0 Å². The molecule has 0 saturated carbocycles. The normalized spacial score (nSPS) is 14.9. The van der Waals surface area contributed by atoms with Crippen molar-refractivity contribution in [3.8, 4) is 22.6 Å². The van der Waals surface area contributed by atoms with E-state index < -0.39 is 17.2 Å². The van der Waals surface area contributed by atoms with Crippen molar-refractivity contribution in [3.05, 3.63) is 54.6 Å². The summed E-state index contributed by atoms with van der Waals surface area (Å²) in [4.78, 5) is 27.4. The number of oxazole rings is 1. The van der Waals surface area contributed by atoms with Gasteiger partial charge >= 0.3 is 11.9 Å². The molecule has 1 fully saturated rings. The number of nitrogens with one attached hydrogen (secondary N) is 1. The van der Waals surface area contributed by atoms with Crippen LogP contribution in [-0.2, 0) is 4.74 Å². The SMILES string of the molecule is CC(C)(C)OC(=O)N1CCC(Nc2nccc(-c3c(-c4ccc(F)cc4F)nc4occn34)n2)CC1. The molecule has 1 N–H and O–H groups in total. The number of anilines is 1. The first-order valence-corrected chi connectivity index (χ1v) is 11.7. The maximum absolute atomic E-state index is 14.6. The Hall–Kier alpha value is -4.02. The summed E-state index contributed by atoms with van der Waals surface area (Å²) < 4.78 is 40.7. The summed E-state index contributed by atoms with van der Waals surface area (Å²) in [5, 5.41) is 3.33. The van der Waals surface area contributed by atoms with Gasteiger partial charge in [0.25, 0.3) is 0 Å². The summed E-state index contributed by atoms with van der Waals surface area (Å²) >= 11 is 0. The Bertz CT molecular complexity index is 1400. The van der Waals surface area contributed by atoms with Gasteiger partial charge in [0.1, 0.15) is 34.9 Å². The highest BCUT2D eigenvalue weighted by atomic mass is 19.1. The Balaban J connectivity index is 1.37. The number of imidazole rings is 1. The van der Waals surface area contributed by atoms with Crippen LogP contribution < -0.4 is 5.32 Å². The predicted octanol–water partition coefficient (Wildman–Crippen LogP) is 5.14. The Labute approximate surface area is 206 Å². The average molecular weight is 497 g/mol. The zero-order chi connectivity index (χ0) is 25.4. The lowest BCUT2D eigenvalue weighted by Gasteiger charge is -2.33. The van der Waals surface area contributed by atoms with E-state index in [1.54, 1.807) is 27.8 Å². The third-order valence-electron chi connectivity index (χ3n) is 5.83. The van der Waals surface area contributed by atoms with E-state index >= 15 is 0 Å². The standard InChI is InChI=1S/C25H26F2N6O3/c1-25(2,3)36-24(34)32-10-7-16(8-11-32)29-22-28-9-6-19(30-22)21-20(31-23-33(21)12-13-35-23)17-5-4-15(26)14-18(17)27/h4-6,9,12-14,16H,7-8,10-11H2,1-3H3,(H,28,29,30). The number of ether oxygens (including phenoxy) is 1. The molecular weight excluding hydrogens is 470 g/mol. The van der Waals surface area contributed by atoms with Crippen LogP contribution in [0.4, 0.5) is 19.5 Å². The van der Waals surface area contributed by atoms with Gasteiger partial charge in [-0.05, 0) is 51.8 Å². The van der Waals surface area contributed by atoms with Gasteiger partial charge in [0.05, 0.1) is 5.69 Å². The zero-order valence-electron chi connectivity index (χ0n) is 20.2. The van der Waals surface area contributed by atoms with Gasteiger partial charge in [-0.15, -0.1) is 0 Å². The fraction of sp³-hybridized carbons (Fsp3) is 0.360. The Morgan fingerprint density at radius 2 is 1.94 bits per heavy atom. The van der Waals surface area contributed by atoms with Crippen LogP contribution in [0.15, 0.2) is 47.3 Å². The van der Waals surface area contributed by atoms with Gasteiger partial charge in [0.2, 0.25) is 5.95 Å². The summed E-state index contributed by atoms with van der Waals surface area (Å²) in [6.45, 7) is 6.64. The number of amides is 1. The number of rotatable bonds is 4. The van der Waals surface area contributed by atoms with Crippen molar-refractivity contribution in [1.29, 1.82) is 0 Å². The number of carbonyl (C=O) groups is 1. The second-order valence-corrected chi connectivity index (χ2v) is 9.64. The minimum absolute atomic E-state index is 0.0623. The van der Waals surface area contributed by atoms with Gasteiger partial charge in [-0.25, -0.2) is 23.5 Å². The highest BCUT2D eigenvalue weighted by Crippen LogP contribution is 2.34. The second-order valence-electron chi connectivity index (χ2n) is 9.64. The number of aromatic nitrogens is 4. The first-order valence-electron chi connectivity index (χ1n) is 11.7. The van der Waals surface area contributed by atoms with E-state index in [2.05, 4.69) is 20.3 Å². The molecule has 1 saturated heterocycles. The highest BCUT2D eigenvalue weighted by Gasteiger charge is 2.27. The molecule has 4 aromatic rings. The lowest BCUT2D eigenvalue weighted by atomic mass is 10.1. The quantitative estimate of drug-likeness (QED) is 0.418. The van der Waals surface area contributed by atoms with Gasteiger partial charge in [-0.2, -0.15) is 4.98 Å². The monoisotopic (exact) mass is 496 g/mol. The predicted molar refractivity (Wildman–Crippen MR) is 128 cm³/mol. The molecule has 1 aliphatic heterocycles. The first kappa shape index (κ1) is 23.7. The molecule has 0 radical (unpaired) electrons. The van der Waals surface area contributed by atoms with E-state index in [0.29, 0.717) is 43.3 Å². The van der Waals surface area contributed by atoms with E-state index in [0.717, 1.165) is 6.07 Å². The Morgan fingerprint density at radius 3 is 2.67 bits per heavy atom. The van der Waals surface area contributed by atoms with Crippen molar-refractivity contribution in [1.82, 2.24) is 24.3 Å². The van der Waals surface area contributed by atoms with Crippen molar-refractivity contribution >= 4 is 17.9 Å². The molecule has 3 aromatic heterocycles. The summed E-state index contributed by atoms with van der Waals surface area (Å²) in [6, 6.07) is 5.09. The molecule has 1 aromatic carbocycles. The molecule has 1 amide bonds. The number of carbonyl (C=O) groups excluding carboxylic acids is 1. The minimum atomic E-state index is -0.735. The summed E-state index contributed by atoms with van der Waals surface area (Å²) in [5.41, 5.74) is 0.861. The minimum Gasteiger partial charge on any atom is -0.444 e. The summed E-state index contributed by atoms with van der Waals surface area (Å²) in [6.07, 6.45) is 5.82. The van der Waals surface area contributed by atoms with Gasteiger partial charge < -0.3 is 19.4 Å². The maximum atomic E-state index is 14.6.